The van der Waals surface area contributed by atoms with Gasteiger partial charge in [0.25, 0.3) is 5.91 Å². The van der Waals surface area contributed by atoms with Crippen molar-refractivity contribution in [3.63, 3.8) is 0 Å². The van der Waals surface area contributed by atoms with Gasteiger partial charge in [-0.3, -0.25) is 15.0 Å². The topological polar surface area (TPSA) is 78.5 Å². The average Bonchev–Trinajstić information content (AvgIpc) is 3.06. The predicted octanol–water partition coefficient (Wildman–Crippen LogP) is 3.11. The molecule has 1 aromatic rings. The molecule has 2 N–H and O–H groups in total. The molecule has 1 heterocycles. The quantitative estimate of drug-likeness (QED) is 0.618. The Morgan fingerprint density at radius 1 is 1.22 bits per heavy atom. The lowest BCUT2D eigenvalue weighted by Crippen LogP contribution is -2.49. The van der Waals surface area contributed by atoms with Crippen LogP contribution in [0.15, 0.2) is 42.0 Å². The lowest BCUT2D eigenvalue weighted by molar-refractivity contribution is -0.140. The summed E-state index contributed by atoms with van der Waals surface area (Å²) in [5.41, 5.74) is 3.07. The highest BCUT2D eigenvalue weighted by Gasteiger charge is 2.61. The van der Waals surface area contributed by atoms with Crippen LogP contribution in [0.4, 0.5) is 4.79 Å². The van der Waals surface area contributed by atoms with E-state index < -0.39 is 17.5 Å². The number of hydrogen-bond acceptors (Lipinski definition) is 3. The number of imide groups is 1. The first kappa shape index (κ1) is 19.1. The van der Waals surface area contributed by atoms with Crippen molar-refractivity contribution in [2.75, 3.05) is 0 Å². The van der Waals surface area contributed by atoms with Crippen molar-refractivity contribution in [2.45, 2.75) is 46.6 Å². The largest absolute Gasteiger partial charge is 0.344 e. The second-order valence-corrected chi connectivity index (χ2v) is 8.24. The number of carbonyl (C=O) groups excluding carboxylic acids is 3. The minimum absolute atomic E-state index is 0.105. The van der Waals surface area contributed by atoms with Crippen molar-refractivity contribution in [1.82, 2.24) is 15.8 Å². The highest BCUT2D eigenvalue weighted by molar-refractivity contribution is 6.08. The fourth-order valence-corrected chi connectivity index (χ4v) is 4.07. The van der Waals surface area contributed by atoms with Crippen LogP contribution in [-0.2, 0) is 15.1 Å². The molecule has 0 aromatic heterocycles. The van der Waals surface area contributed by atoms with E-state index in [-0.39, 0.29) is 23.2 Å². The van der Waals surface area contributed by atoms with Gasteiger partial charge in [0.1, 0.15) is 5.54 Å². The molecule has 0 spiro atoms. The van der Waals surface area contributed by atoms with Crippen LogP contribution in [-0.4, -0.2) is 22.9 Å². The van der Waals surface area contributed by atoms with Gasteiger partial charge in [-0.15, -0.1) is 0 Å². The third kappa shape index (κ3) is 3.03. The number of amides is 4. The van der Waals surface area contributed by atoms with E-state index in [0.717, 1.165) is 10.6 Å². The van der Waals surface area contributed by atoms with Crippen LogP contribution in [0.1, 0.15) is 46.6 Å². The molecule has 3 atom stereocenters. The van der Waals surface area contributed by atoms with Gasteiger partial charge >= 0.3 is 6.03 Å². The minimum atomic E-state index is -1.15. The summed E-state index contributed by atoms with van der Waals surface area (Å²) in [7, 11) is 0. The molecule has 3 rings (SSSR count). The number of nitrogens with one attached hydrogen (secondary N) is 2. The Bertz CT molecular complexity index is 811. The van der Waals surface area contributed by atoms with E-state index >= 15 is 0 Å². The Balaban J connectivity index is 1.81. The Labute approximate surface area is 160 Å². The van der Waals surface area contributed by atoms with Crippen LogP contribution in [0.2, 0.25) is 0 Å². The van der Waals surface area contributed by atoms with E-state index in [1.54, 1.807) is 0 Å². The lowest BCUT2D eigenvalue weighted by Gasteiger charge is -2.25. The fraction of sp³-hybridized carbons (Fsp3) is 0.476. The smallest absolute Gasteiger partial charge is 0.318 e. The van der Waals surface area contributed by atoms with Crippen molar-refractivity contribution in [3.05, 3.63) is 47.5 Å². The first-order chi connectivity index (χ1) is 12.6. The lowest BCUT2D eigenvalue weighted by atomic mass is 9.87. The number of allylic oxidation sites excluding steroid dienone is 2. The molecule has 0 bridgehead atoms. The van der Waals surface area contributed by atoms with Crippen LogP contribution in [0.5, 0.6) is 0 Å². The van der Waals surface area contributed by atoms with Crippen LogP contribution < -0.4 is 10.7 Å². The van der Waals surface area contributed by atoms with Crippen molar-refractivity contribution >= 4 is 17.8 Å². The van der Waals surface area contributed by atoms with E-state index in [9.17, 15) is 14.4 Å². The van der Waals surface area contributed by atoms with Crippen LogP contribution in [0, 0.1) is 17.3 Å². The summed E-state index contributed by atoms with van der Waals surface area (Å²) >= 11 is 0. The van der Waals surface area contributed by atoms with Crippen molar-refractivity contribution in [2.24, 2.45) is 17.3 Å². The maximum absolute atomic E-state index is 13.1. The molecule has 1 saturated heterocycles. The van der Waals surface area contributed by atoms with Gasteiger partial charge in [-0.05, 0) is 37.2 Å². The number of carbonyl (C=O) groups is 3. The zero-order valence-electron chi connectivity index (χ0n) is 16.5. The molecule has 1 aromatic carbocycles. The number of benzene rings is 1. The summed E-state index contributed by atoms with van der Waals surface area (Å²) in [6, 6.07) is 8.51. The van der Waals surface area contributed by atoms with E-state index in [1.165, 1.54) is 0 Å². The van der Waals surface area contributed by atoms with Crippen LogP contribution >= 0.6 is 0 Å². The maximum Gasteiger partial charge on any atom is 0.344 e. The van der Waals surface area contributed by atoms with Gasteiger partial charge in [-0.25, -0.2) is 4.79 Å². The SMILES string of the molecule is CC[C@]1(c2ccccc2)NC(=O)N(NC(=O)[C@@H]2[C@@H](C=C(C)C)C2(C)C)C1=O. The molecular formula is C21H27N3O3. The van der Waals surface area contributed by atoms with Gasteiger partial charge < -0.3 is 5.32 Å². The first-order valence-electron chi connectivity index (χ1n) is 9.33. The number of hydrogen-bond donors (Lipinski definition) is 2. The summed E-state index contributed by atoms with van der Waals surface area (Å²) in [5.74, 6) is -0.910. The van der Waals surface area contributed by atoms with Gasteiger partial charge in [-0.2, -0.15) is 5.01 Å². The normalized spacial score (nSPS) is 28.6. The number of nitrogens with zero attached hydrogens (tertiary/aromatic N) is 1. The second-order valence-electron chi connectivity index (χ2n) is 8.24. The summed E-state index contributed by atoms with van der Waals surface area (Å²) in [5, 5.41) is 3.61. The Hall–Kier alpha value is -2.63. The van der Waals surface area contributed by atoms with Crippen molar-refractivity contribution in [3.8, 4) is 0 Å². The zero-order chi connectivity index (χ0) is 20.0. The van der Waals surface area contributed by atoms with E-state index in [4.69, 9.17) is 0 Å². The second kappa shape index (κ2) is 6.51. The van der Waals surface area contributed by atoms with E-state index in [2.05, 4.69) is 16.8 Å². The molecule has 1 saturated carbocycles. The molecule has 27 heavy (non-hydrogen) atoms. The van der Waals surface area contributed by atoms with E-state index in [1.807, 2.05) is 65.0 Å². The standard InChI is InChI=1S/C21H27N3O3/c1-6-21(14-10-8-7-9-11-14)18(26)24(19(27)22-21)23-17(25)16-15(12-13(2)3)20(16,4)5/h7-12,15-16H,6H2,1-5H3,(H,22,27)(H,23,25)/t15-,16+,21-/m1/s1. The zero-order valence-corrected chi connectivity index (χ0v) is 16.5. The van der Waals surface area contributed by atoms with Crippen molar-refractivity contribution < 1.29 is 14.4 Å². The minimum Gasteiger partial charge on any atom is -0.318 e. The number of urea groups is 1. The average molecular weight is 369 g/mol. The molecule has 2 fully saturated rings. The third-order valence-corrected chi connectivity index (χ3v) is 5.82. The summed E-state index contributed by atoms with van der Waals surface area (Å²) in [6.45, 7) is 9.87. The van der Waals surface area contributed by atoms with Gasteiger partial charge in [-0.1, -0.05) is 62.8 Å². The number of rotatable bonds is 5. The Kier molecular flexibility index (Phi) is 4.62. The Morgan fingerprint density at radius 2 is 1.85 bits per heavy atom. The van der Waals surface area contributed by atoms with Gasteiger partial charge in [0.2, 0.25) is 5.91 Å². The maximum atomic E-state index is 13.1. The monoisotopic (exact) mass is 369 g/mol. The molecule has 6 nitrogen and oxygen atoms in total. The van der Waals surface area contributed by atoms with Gasteiger partial charge in [0, 0.05) is 0 Å². The number of hydrazine groups is 1. The summed E-state index contributed by atoms with van der Waals surface area (Å²) in [6.07, 6.45) is 2.47. The molecule has 144 valence electrons. The predicted molar refractivity (Wildman–Crippen MR) is 102 cm³/mol. The molecular weight excluding hydrogens is 342 g/mol. The molecule has 0 unspecified atom stereocenters. The highest BCUT2D eigenvalue weighted by Crippen LogP contribution is 2.59. The first-order valence-corrected chi connectivity index (χ1v) is 9.33. The summed E-state index contributed by atoms with van der Waals surface area (Å²) in [4.78, 5) is 38.4. The van der Waals surface area contributed by atoms with Crippen LogP contribution in [0.25, 0.3) is 0 Å². The summed E-state index contributed by atoms with van der Waals surface area (Å²) < 4.78 is 0. The Morgan fingerprint density at radius 3 is 2.41 bits per heavy atom. The molecule has 0 radical (unpaired) electrons. The van der Waals surface area contributed by atoms with Gasteiger partial charge in [0.15, 0.2) is 0 Å². The van der Waals surface area contributed by atoms with E-state index in [0.29, 0.717) is 12.0 Å². The molecule has 6 heteroatoms. The molecule has 4 amide bonds. The van der Waals surface area contributed by atoms with Crippen molar-refractivity contribution in [1.29, 1.82) is 0 Å². The fourth-order valence-electron chi connectivity index (χ4n) is 4.07. The molecule has 1 aliphatic heterocycles. The van der Waals surface area contributed by atoms with Gasteiger partial charge in [0.05, 0.1) is 5.92 Å². The molecule has 2 aliphatic rings. The van der Waals surface area contributed by atoms with Crippen LogP contribution in [0.3, 0.4) is 0 Å². The molecule has 1 aliphatic carbocycles. The highest BCUT2D eigenvalue weighted by atomic mass is 16.2. The third-order valence-electron chi connectivity index (χ3n) is 5.82.